The fourth-order valence-corrected chi connectivity index (χ4v) is 3.77. The molecule has 0 bridgehead atoms. The van der Waals surface area contributed by atoms with Crippen LogP contribution in [0.3, 0.4) is 0 Å². The maximum Gasteiger partial charge on any atom is 0.414 e. The molecule has 0 radical (unpaired) electrons. The van der Waals surface area contributed by atoms with Gasteiger partial charge >= 0.3 is 11.9 Å². The Balaban J connectivity index is 0.000000326. The fourth-order valence-electron chi connectivity index (χ4n) is 2.54. The average molecular weight is 361 g/mol. The number of nitrogens with zero attached hydrogens (tertiary/aromatic N) is 2. The van der Waals surface area contributed by atoms with E-state index in [1.807, 2.05) is 30.0 Å². The molecule has 1 fully saturated rings. The van der Waals surface area contributed by atoms with Gasteiger partial charge in [-0.1, -0.05) is 0 Å². The van der Waals surface area contributed by atoms with E-state index in [0.29, 0.717) is 5.25 Å². The number of nitriles is 1. The lowest BCUT2D eigenvalue weighted by Crippen LogP contribution is -2.31. The zero-order valence-electron chi connectivity index (χ0n) is 13.7. The number of aromatic nitrogens is 1. The molecule has 2 heterocycles. The van der Waals surface area contributed by atoms with Crippen LogP contribution in [0.15, 0.2) is 29.3 Å². The van der Waals surface area contributed by atoms with Gasteiger partial charge in [-0.05, 0) is 51.2 Å². The zero-order valence-corrected chi connectivity index (χ0v) is 14.5. The van der Waals surface area contributed by atoms with Gasteiger partial charge in [0.2, 0.25) is 0 Å². The molecule has 1 aromatic carbocycles. The number of nitrogens with one attached hydrogen (secondary N) is 1. The Hall–Kier alpha value is -2.50. The Morgan fingerprint density at radius 1 is 1.28 bits per heavy atom. The van der Waals surface area contributed by atoms with Crippen molar-refractivity contribution in [2.75, 3.05) is 20.1 Å². The van der Waals surface area contributed by atoms with Gasteiger partial charge in [-0.25, -0.2) is 9.59 Å². The second kappa shape index (κ2) is 8.55. The predicted molar refractivity (Wildman–Crippen MR) is 94.7 cm³/mol. The number of hydrogen-bond donors (Lipinski definition) is 3. The summed E-state index contributed by atoms with van der Waals surface area (Å²) in [5.74, 6) is -3.65. The molecular formula is C17H19N3O4S. The molecule has 0 saturated carbocycles. The number of rotatable bonds is 2. The number of aliphatic carboxylic acids is 2. The van der Waals surface area contributed by atoms with Crippen LogP contribution in [0.4, 0.5) is 0 Å². The number of thioether (sulfide) groups is 1. The van der Waals surface area contributed by atoms with Crippen LogP contribution in [0.2, 0.25) is 0 Å². The smallest absolute Gasteiger partial charge is 0.414 e. The number of carbonyl (C=O) groups is 2. The standard InChI is InChI=1S/C15H17N3S.C2H2O4/c1-18-6-4-12(5-7-18)19-15-10-17-14-3-2-11(9-16)8-13(14)15;3-1(4)2(5)6/h2-3,8,10,12,17H,4-7H2,1H3;(H,3,4)(H,5,6). The minimum atomic E-state index is -1.82. The van der Waals surface area contributed by atoms with Gasteiger partial charge in [0.25, 0.3) is 0 Å². The minimum absolute atomic E-state index is 0.695. The van der Waals surface area contributed by atoms with Crippen molar-refractivity contribution < 1.29 is 19.8 Å². The van der Waals surface area contributed by atoms with E-state index in [1.54, 1.807) is 0 Å². The number of carboxylic acids is 2. The second-order valence-electron chi connectivity index (χ2n) is 5.76. The van der Waals surface area contributed by atoms with Crippen LogP contribution < -0.4 is 0 Å². The first kappa shape index (κ1) is 18.8. The van der Waals surface area contributed by atoms with Crippen LogP contribution in [0, 0.1) is 11.3 Å². The Morgan fingerprint density at radius 3 is 2.48 bits per heavy atom. The highest BCUT2D eigenvalue weighted by Crippen LogP contribution is 2.35. The second-order valence-corrected chi connectivity index (χ2v) is 7.10. The van der Waals surface area contributed by atoms with Gasteiger partial charge in [0.1, 0.15) is 0 Å². The monoisotopic (exact) mass is 361 g/mol. The van der Waals surface area contributed by atoms with Gasteiger partial charge < -0.3 is 20.1 Å². The van der Waals surface area contributed by atoms with Gasteiger partial charge in [0, 0.05) is 27.2 Å². The largest absolute Gasteiger partial charge is 0.473 e. The van der Waals surface area contributed by atoms with Crippen molar-refractivity contribution in [3.05, 3.63) is 30.0 Å². The van der Waals surface area contributed by atoms with E-state index < -0.39 is 11.9 Å². The molecule has 1 aliphatic heterocycles. The maximum atomic E-state index is 9.10. The van der Waals surface area contributed by atoms with Gasteiger partial charge in [-0.15, -0.1) is 11.8 Å². The molecular weight excluding hydrogens is 342 g/mol. The summed E-state index contributed by atoms with van der Waals surface area (Å²) in [5, 5.41) is 25.7. The van der Waals surface area contributed by atoms with Crippen LogP contribution in [-0.2, 0) is 9.59 Å². The summed E-state index contributed by atoms with van der Waals surface area (Å²) >= 11 is 1.95. The van der Waals surface area contributed by atoms with Crippen molar-refractivity contribution >= 4 is 34.6 Å². The van der Waals surface area contributed by atoms with E-state index in [-0.39, 0.29) is 0 Å². The van der Waals surface area contributed by atoms with Crippen molar-refractivity contribution in [3.63, 3.8) is 0 Å². The quantitative estimate of drug-likeness (QED) is 0.703. The molecule has 1 aromatic heterocycles. The number of H-pyrrole nitrogens is 1. The minimum Gasteiger partial charge on any atom is -0.473 e. The third kappa shape index (κ3) is 5.24. The number of aromatic amines is 1. The van der Waals surface area contributed by atoms with E-state index in [4.69, 9.17) is 25.1 Å². The summed E-state index contributed by atoms with van der Waals surface area (Å²) in [7, 11) is 2.19. The maximum absolute atomic E-state index is 9.10. The molecule has 2 aromatic rings. The van der Waals surface area contributed by atoms with Gasteiger partial charge in [-0.2, -0.15) is 5.26 Å². The van der Waals surface area contributed by atoms with Gasteiger partial charge in [0.15, 0.2) is 0 Å². The van der Waals surface area contributed by atoms with Crippen molar-refractivity contribution in [3.8, 4) is 6.07 Å². The normalized spacial score (nSPS) is 15.2. The molecule has 132 valence electrons. The number of hydrogen-bond acceptors (Lipinski definition) is 5. The number of benzene rings is 1. The molecule has 7 nitrogen and oxygen atoms in total. The van der Waals surface area contributed by atoms with Crippen molar-refractivity contribution in [2.24, 2.45) is 0 Å². The third-order valence-electron chi connectivity index (χ3n) is 3.92. The third-order valence-corrected chi connectivity index (χ3v) is 5.31. The van der Waals surface area contributed by atoms with Crippen molar-refractivity contribution in [2.45, 2.75) is 23.0 Å². The molecule has 3 N–H and O–H groups in total. The van der Waals surface area contributed by atoms with E-state index in [0.717, 1.165) is 11.1 Å². The summed E-state index contributed by atoms with van der Waals surface area (Å²) in [6.45, 7) is 2.37. The molecule has 8 heteroatoms. The zero-order chi connectivity index (χ0) is 18.4. The molecule has 0 amide bonds. The number of likely N-dealkylation sites (tertiary alicyclic amines) is 1. The highest BCUT2D eigenvalue weighted by atomic mass is 32.2. The average Bonchev–Trinajstić information content (AvgIpc) is 2.99. The lowest BCUT2D eigenvalue weighted by molar-refractivity contribution is -0.159. The van der Waals surface area contributed by atoms with Crippen LogP contribution >= 0.6 is 11.8 Å². The topological polar surface area (TPSA) is 117 Å². The van der Waals surface area contributed by atoms with Crippen molar-refractivity contribution in [1.29, 1.82) is 5.26 Å². The number of carboxylic acid groups (broad SMARTS) is 2. The van der Waals surface area contributed by atoms with E-state index >= 15 is 0 Å². The molecule has 0 atom stereocenters. The summed E-state index contributed by atoms with van der Waals surface area (Å²) < 4.78 is 0. The Kier molecular flexibility index (Phi) is 6.44. The first-order valence-corrected chi connectivity index (χ1v) is 8.61. The predicted octanol–water partition coefficient (Wildman–Crippen LogP) is 2.38. The highest BCUT2D eigenvalue weighted by Gasteiger charge is 2.19. The van der Waals surface area contributed by atoms with Gasteiger partial charge in [0.05, 0.1) is 11.6 Å². The van der Waals surface area contributed by atoms with E-state index in [2.05, 4.69) is 29.2 Å². The highest BCUT2D eigenvalue weighted by molar-refractivity contribution is 8.00. The van der Waals surface area contributed by atoms with Crippen LogP contribution in [0.1, 0.15) is 18.4 Å². The first-order valence-electron chi connectivity index (χ1n) is 7.73. The van der Waals surface area contributed by atoms with Gasteiger partial charge in [-0.3, -0.25) is 0 Å². The van der Waals surface area contributed by atoms with Crippen molar-refractivity contribution in [1.82, 2.24) is 9.88 Å². The Bertz CT molecular complexity index is 792. The first-order chi connectivity index (χ1) is 11.9. The molecule has 0 aliphatic carbocycles. The number of piperidine rings is 1. The summed E-state index contributed by atoms with van der Waals surface area (Å²) in [6.07, 6.45) is 4.56. The lowest BCUT2D eigenvalue weighted by atomic mass is 10.1. The summed E-state index contributed by atoms with van der Waals surface area (Å²) in [6, 6.07) is 8.06. The molecule has 1 saturated heterocycles. The van der Waals surface area contributed by atoms with Crippen LogP contribution in [0.25, 0.3) is 10.9 Å². The molecule has 0 unspecified atom stereocenters. The molecule has 1 aliphatic rings. The molecule has 25 heavy (non-hydrogen) atoms. The molecule has 0 spiro atoms. The summed E-state index contributed by atoms with van der Waals surface area (Å²) in [4.78, 5) is 25.2. The Morgan fingerprint density at radius 2 is 1.92 bits per heavy atom. The Labute approximate surface area is 149 Å². The van der Waals surface area contributed by atoms with Crippen LogP contribution in [-0.4, -0.2) is 57.4 Å². The SMILES string of the molecule is CN1CCC(Sc2c[nH]c3ccc(C#N)cc23)CC1.O=C(O)C(=O)O. The van der Waals surface area contributed by atoms with E-state index in [1.165, 1.54) is 36.2 Å². The van der Waals surface area contributed by atoms with E-state index in [9.17, 15) is 0 Å². The van der Waals surface area contributed by atoms with Crippen LogP contribution in [0.5, 0.6) is 0 Å². The number of fused-ring (bicyclic) bond motifs is 1. The molecule has 3 rings (SSSR count). The summed E-state index contributed by atoms with van der Waals surface area (Å²) in [5.41, 5.74) is 1.85. The lowest BCUT2D eigenvalue weighted by Gasteiger charge is -2.28. The fraction of sp³-hybridized carbons (Fsp3) is 0.353.